The smallest absolute Gasteiger partial charge is 0.268 e. The predicted molar refractivity (Wildman–Crippen MR) is 51.3 cm³/mol. The zero-order valence-electron chi connectivity index (χ0n) is 5.69. The number of pyridine rings is 1. The van der Waals surface area contributed by atoms with E-state index in [0.29, 0.717) is 3.57 Å². The molecule has 0 atom stereocenters. The number of anilines is 1. The van der Waals surface area contributed by atoms with Crippen LogP contribution < -0.4 is 5.73 Å². The van der Waals surface area contributed by atoms with Gasteiger partial charge < -0.3 is 5.73 Å². The average Bonchev–Trinajstić information content (AvgIpc) is 1.82. The molecule has 0 spiro atoms. The third-order valence-electron chi connectivity index (χ3n) is 1.22. The molecule has 0 aliphatic carbocycles. The molecule has 12 heavy (non-hydrogen) atoms. The van der Waals surface area contributed by atoms with E-state index in [0.717, 1.165) is 0 Å². The van der Waals surface area contributed by atoms with Gasteiger partial charge in [-0.25, -0.2) is 13.8 Å². The van der Waals surface area contributed by atoms with E-state index >= 15 is 0 Å². The minimum absolute atomic E-state index is 0.126. The fourth-order valence-electron chi connectivity index (χ4n) is 0.728. The van der Waals surface area contributed by atoms with Crippen molar-refractivity contribution in [2.75, 3.05) is 5.73 Å². The van der Waals surface area contributed by atoms with Gasteiger partial charge in [0.05, 0.1) is 5.56 Å². The Morgan fingerprint density at radius 1 is 1.58 bits per heavy atom. The number of nitrogens with two attached hydrogens (primary N) is 1. The van der Waals surface area contributed by atoms with Gasteiger partial charge in [-0.1, -0.05) is 11.6 Å². The van der Waals surface area contributed by atoms with Gasteiger partial charge in [0.25, 0.3) is 6.43 Å². The minimum atomic E-state index is -2.61. The number of nitrogens with zero attached hydrogens (tertiary/aromatic N) is 1. The average molecular weight is 304 g/mol. The summed E-state index contributed by atoms with van der Waals surface area (Å²) in [4.78, 5) is 3.51. The number of nitrogen functional groups attached to an aromatic ring is 1. The zero-order valence-corrected chi connectivity index (χ0v) is 8.60. The Morgan fingerprint density at radius 2 is 2.17 bits per heavy atom. The highest BCUT2D eigenvalue weighted by Gasteiger charge is 2.16. The van der Waals surface area contributed by atoms with Crippen molar-refractivity contribution < 1.29 is 8.78 Å². The third kappa shape index (κ3) is 1.95. The minimum Gasteiger partial charge on any atom is -0.383 e. The highest BCUT2D eigenvalue weighted by molar-refractivity contribution is 14.1. The molecule has 0 aliphatic rings. The van der Waals surface area contributed by atoms with Crippen LogP contribution >= 0.6 is 34.2 Å². The molecule has 0 aromatic carbocycles. The van der Waals surface area contributed by atoms with Crippen molar-refractivity contribution in [2.24, 2.45) is 0 Å². The highest BCUT2D eigenvalue weighted by Crippen LogP contribution is 2.29. The first-order valence-electron chi connectivity index (χ1n) is 2.92. The molecule has 0 aliphatic heterocycles. The predicted octanol–water partition coefficient (Wildman–Crippen LogP) is 2.86. The summed E-state index contributed by atoms with van der Waals surface area (Å²) in [6.07, 6.45) is -2.61. The van der Waals surface area contributed by atoms with Crippen LogP contribution in [0, 0.1) is 3.57 Å². The first kappa shape index (κ1) is 9.91. The maximum atomic E-state index is 12.3. The van der Waals surface area contributed by atoms with Crippen LogP contribution in [0.4, 0.5) is 14.6 Å². The molecule has 0 bridgehead atoms. The molecular weight excluding hydrogens is 300 g/mol. The van der Waals surface area contributed by atoms with E-state index in [1.54, 1.807) is 22.6 Å². The van der Waals surface area contributed by atoms with Gasteiger partial charge in [-0.15, -0.1) is 0 Å². The van der Waals surface area contributed by atoms with E-state index < -0.39 is 6.43 Å². The molecule has 2 nitrogen and oxygen atoms in total. The number of hydrogen-bond donors (Lipinski definition) is 1. The van der Waals surface area contributed by atoms with Gasteiger partial charge in [0.2, 0.25) is 0 Å². The summed E-state index contributed by atoms with van der Waals surface area (Å²) in [5, 5.41) is 0.126. The molecular formula is C6H4ClF2IN2. The van der Waals surface area contributed by atoms with Crippen molar-refractivity contribution in [3.8, 4) is 0 Å². The molecule has 0 saturated carbocycles. The summed E-state index contributed by atoms with van der Waals surface area (Å²) in [7, 11) is 0. The van der Waals surface area contributed by atoms with Gasteiger partial charge in [0, 0.05) is 3.57 Å². The van der Waals surface area contributed by atoms with E-state index in [-0.39, 0.29) is 16.5 Å². The van der Waals surface area contributed by atoms with E-state index in [1.165, 1.54) is 6.07 Å². The zero-order chi connectivity index (χ0) is 9.30. The number of rotatable bonds is 1. The van der Waals surface area contributed by atoms with Gasteiger partial charge >= 0.3 is 0 Å². The van der Waals surface area contributed by atoms with E-state index in [9.17, 15) is 8.78 Å². The molecule has 1 aromatic rings. The SMILES string of the molecule is Nc1nc(Cl)cc(I)c1C(F)F. The van der Waals surface area contributed by atoms with Gasteiger partial charge in [-0.3, -0.25) is 0 Å². The van der Waals surface area contributed by atoms with Crippen LogP contribution in [0.15, 0.2) is 6.07 Å². The lowest BCUT2D eigenvalue weighted by molar-refractivity contribution is 0.151. The Morgan fingerprint density at radius 3 is 2.58 bits per heavy atom. The molecule has 2 N–H and O–H groups in total. The summed E-state index contributed by atoms with van der Waals surface area (Å²) in [5.41, 5.74) is 4.99. The summed E-state index contributed by atoms with van der Waals surface area (Å²) >= 11 is 7.23. The Kier molecular flexibility index (Phi) is 3.05. The van der Waals surface area contributed by atoms with Crippen molar-refractivity contribution in [3.63, 3.8) is 0 Å². The van der Waals surface area contributed by atoms with Crippen molar-refractivity contribution >= 4 is 40.0 Å². The first-order valence-corrected chi connectivity index (χ1v) is 4.37. The fourth-order valence-corrected chi connectivity index (χ4v) is 1.92. The van der Waals surface area contributed by atoms with Crippen molar-refractivity contribution in [2.45, 2.75) is 6.43 Å². The second kappa shape index (κ2) is 3.69. The molecule has 1 heterocycles. The van der Waals surface area contributed by atoms with Crippen LogP contribution in [-0.4, -0.2) is 4.98 Å². The molecule has 0 unspecified atom stereocenters. The molecule has 1 rings (SSSR count). The number of hydrogen-bond acceptors (Lipinski definition) is 2. The molecule has 0 radical (unpaired) electrons. The summed E-state index contributed by atoms with van der Waals surface area (Å²) in [6, 6.07) is 1.35. The van der Waals surface area contributed by atoms with Crippen LogP contribution in [0.2, 0.25) is 5.15 Å². The number of alkyl halides is 2. The Balaban J connectivity index is 3.28. The Hall–Kier alpha value is -0.170. The van der Waals surface area contributed by atoms with E-state index in [1.807, 2.05) is 0 Å². The normalized spacial score (nSPS) is 10.8. The molecule has 0 fully saturated rings. The monoisotopic (exact) mass is 304 g/mol. The molecule has 6 heteroatoms. The van der Waals surface area contributed by atoms with Gasteiger partial charge in [-0.05, 0) is 28.7 Å². The van der Waals surface area contributed by atoms with Gasteiger partial charge in [-0.2, -0.15) is 0 Å². The summed E-state index contributed by atoms with van der Waals surface area (Å²) in [5.74, 6) is -0.207. The van der Waals surface area contributed by atoms with Crippen LogP contribution in [-0.2, 0) is 0 Å². The Bertz CT molecular complexity index is 283. The Labute approximate surface area is 86.3 Å². The van der Waals surface area contributed by atoms with Crippen LogP contribution in [0.3, 0.4) is 0 Å². The van der Waals surface area contributed by atoms with Gasteiger partial charge in [0.15, 0.2) is 0 Å². The fraction of sp³-hybridized carbons (Fsp3) is 0.167. The summed E-state index contributed by atoms with van der Waals surface area (Å²) in [6.45, 7) is 0. The van der Waals surface area contributed by atoms with Crippen molar-refractivity contribution in [1.29, 1.82) is 0 Å². The van der Waals surface area contributed by atoms with Crippen molar-refractivity contribution in [3.05, 3.63) is 20.4 Å². The quantitative estimate of drug-likeness (QED) is 0.640. The lowest BCUT2D eigenvalue weighted by Crippen LogP contribution is -2.01. The molecule has 0 saturated heterocycles. The maximum absolute atomic E-state index is 12.3. The van der Waals surface area contributed by atoms with Crippen LogP contribution in [0.1, 0.15) is 12.0 Å². The maximum Gasteiger partial charge on any atom is 0.268 e. The molecule has 0 amide bonds. The molecule has 1 aromatic heterocycles. The van der Waals surface area contributed by atoms with Gasteiger partial charge in [0.1, 0.15) is 11.0 Å². The van der Waals surface area contributed by atoms with E-state index in [2.05, 4.69) is 4.98 Å². The van der Waals surface area contributed by atoms with Crippen LogP contribution in [0.25, 0.3) is 0 Å². The largest absolute Gasteiger partial charge is 0.383 e. The lowest BCUT2D eigenvalue weighted by atomic mass is 10.3. The molecule has 66 valence electrons. The third-order valence-corrected chi connectivity index (χ3v) is 2.31. The van der Waals surface area contributed by atoms with E-state index in [4.69, 9.17) is 17.3 Å². The summed E-state index contributed by atoms with van der Waals surface area (Å²) < 4.78 is 24.8. The highest BCUT2D eigenvalue weighted by atomic mass is 127. The standard InChI is InChI=1S/C6H4ClF2IN2/c7-3-1-2(10)4(5(8)9)6(11)12-3/h1,5H,(H2,11,12). The second-order valence-corrected chi connectivity index (χ2v) is 3.58. The topological polar surface area (TPSA) is 38.9 Å². The number of halogens is 4. The van der Waals surface area contributed by atoms with Crippen molar-refractivity contribution in [1.82, 2.24) is 4.98 Å². The lowest BCUT2D eigenvalue weighted by Gasteiger charge is -2.05. The number of aromatic nitrogens is 1. The first-order chi connectivity index (χ1) is 5.52. The van der Waals surface area contributed by atoms with Crippen LogP contribution in [0.5, 0.6) is 0 Å². The second-order valence-electron chi connectivity index (χ2n) is 2.03.